The molecular formula is C36H32N2S2. The van der Waals surface area contributed by atoms with Crippen molar-refractivity contribution >= 4 is 55.4 Å². The van der Waals surface area contributed by atoms with E-state index in [1.165, 1.54) is 64.8 Å². The molecule has 0 spiro atoms. The van der Waals surface area contributed by atoms with Crippen molar-refractivity contribution in [2.45, 2.75) is 27.7 Å². The van der Waals surface area contributed by atoms with E-state index in [0.717, 1.165) is 0 Å². The van der Waals surface area contributed by atoms with E-state index in [0.29, 0.717) is 0 Å². The van der Waals surface area contributed by atoms with E-state index in [4.69, 9.17) is 0 Å². The van der Waals surface area contributed by atoms with Crippen molar-refractivity contribution < 1.29 is 0 Å². The highest BCUT2D eigenvalue weighted by atomic mass is 32.1. The maximum Gasteiger partial charge on any atom is 0.101 e. The molecule has 6 aromatic rings. The van der Waals surface area contributed by atoms with Crippen LogP contribution in [0.15, 0.2) is 121 Å². The van der Waals surface area contributed by atoms with E-state index >= 15 is 0 Å². The molecular weight excluding hydrogens is 525 g/mol. The van der Waals surface area contributed by atoms with Crippen molar-refractivity contribution in [3.8, 4) is 9.75 Å². The molecule has 2 aromatic heterocycles. The zero-order valence-electron chi connectivity index (χ0n) is 23.3. The number of thiophene rings is 2. The summed E-state index contributed by atoms with van der Waals surface area (Å²) in [5, 5.41) is 2.40. The number of benzene rings is 4. The number of anilines is 6. The van der Waals surface area contributed by atoms with Gasteiger partial charge in [-0.3, -0.25) is 0 Å². The standard InChI is InChI=1S/C36H32N2S2/c1-25-5-13-29(14-6-25)37(30-15-7-26(2)8-16-30)35-23-21-33(39-35)34-22-24-36(40-34)38(31-17-9-27(3)10-18-31)32-19-11-28(4)12-20-32/h5-24H,1-4H3. The molecule has 2 heterocycles. The van der Waals surface area contributed by atoms with Crippen LogP contribution in [0.2, 0.25) is 0 Å². The third kappa shape index (κ3) is 5.46. The molecule has 4 aromatic carbocycles. The van der Waals surface area contributed by atoms with Crippen molar-refractivity contribution in [3.63, 3.8) is 0 Å². The zero-order valence-corrected chi connectivity index (χ0v) is 24.9. The summed E-state index contributed by atoms with van der Waals surface area (Å²) in [6.07, 6.45) is 0. The van der Waals surface area contributed by atoms with Crippen LogP contribution in [0.25, 0.3) is 9.75 Å². The van der Waals surface area contributed by atoms with Crippen LogP contribution >= 0.6 is 22.7 Å². The lowest BCUT2D eigenvalue weighted by atomic mass is 10.1. The molecule has 4 heteroatoms. The molecule has 0 fully saturated rings. The first-order chi connectivity index (χ1) is 19.4. The number of aryl methyl sites for hydroxylation is 4. The lowest BCUT2D eigenvalue weighted by Gasteiger charge is -2.24. The summed E-state index contributed by atoms with van der Waals surface area (Å²) < 4.78 is 0. The molecule has 2 nitrogen and oxygen atoms in total. The first kappa shape index (κ1) is 26.1. The zero-order chi connectivity index (χ0) is 27.6. The average Bonchev–Trinajstić information content (AvgIpc) is 3.64. The fraction of sp³-hybridized carbons (Fsp3) is 0.111. The second-order valence-corrected chi connectivity index (χ2v) is 12.4. The van der Waals surface area contributed by atoms with E-state index in [1.54, 1.807) is 0 Å². The molecule has 0 amide bonds. The highest BCUT2D eigenvalue weighted by Gasteiger charge is 2.18. The van der Waals surface area contributed by atoms with Gasteiger partial charge in [-0.15, -0.1) is 22.7 Å². The van der Waals surface area contributed by atoms with Gasteiger partial charge < -0.3 is 9.80 Å². The molecule has 0 N–H and O–H groups in total. The molecule has 0 bridgehead atoms. The summed E-state index contributed by atoms with van der Waals surface area (Å²) in [7, 11) is 0. The Kier molecular flexibility index (Phi) is 7.29. The summed E-state index contributed by atoms with van der Waals surface area (Å²) in [5.41, 5.74) is 9.71. The van der Waals surface area contributed by atoms with E-state index in [9.17, 15) is 0 Å². The number of hydrogen-bond acceptors (Lipinski definition) is 4. The van der Waals surface area contributed by atoms with Crippen LogP contribution in [0.4, 0.5) is 32.8 Å². The summed E-state index contributed by atoms with van der Waals surface area (Å²) in [5.74, 6) is 0. The minimum absolute atomic E-state index is 1.17. The van der Waals surface area contributed by atoms with Crippen molar-refractivity contribution in [1.29, 1.82) is 0 Å². The highest BCUT2D eigenvalue weighted by Crippen LogP contribution is 2.46. The second kappa shape index (κ2) is 11.2. The topological polar surface area (TPSA) is 6.48 Å². The minimum Gasteiger partial charge on any atom is -0.302 e. The smallest absolute Gasteiger partial charge is 0.101 e. The Balaban J connectivity index is 1.37. The molecule has 0 aliphatic rings. The Bertz CT molecular complexity index is 1490. The van der Waals surface area contributed by atoms with Crippen LogP contribution in [-0.2, 0) is 0 Å². The van der Waals surface area contributed by atoms with Crippen LogP contribution < -0.4 is 9.80 Å². The number of hydrogen-bond donors (Lipinski definition) is 0. The van der Waals surface area contributed by atoms with Gasteiger partial charge in [0.2, 0.25) is 0 Å². The molecule has 0 atom stereocenters. The van der Waals surface area contributed by atoms with Crippen LogP contribution in [-0.4, -0.2) is 0 Å². The summed E-state index contributed by atoms with van der Waals surface area (Å²) >= 11 is 3.66. The minimum atomic E-state index is 1.17. The molecule has 0 aliphatic heterocycles. The molecule has 0 saturated heterocycles. The van der Waals surface area contributed by atoms with Gasteiger partial charge in [0, 0.05) is 32.5 Å². The monoisotopic (exact) mass is 556 g/mol. The van der Waals surface area contributed by atoms with Gasteiger partial charge in [0.05, 0.1) is 0 Å². The van der Waals surface area contributed by atoms with Gasteiger partial charge in [-0.05, 0) is 100 Å². The quantitative estimate of drug-likeness (QED) is 0.193. The largest absolute Gasteiger partial charge is 0.302 e. The van der Waals surface area contributed by atoms with Crippen molar-refractivity contribution in [3.05, 3.63) is 144 Å². The van der Waals surface area contributed by atoms with Gasteiger partial charge in [-0.1, -0.05) is 70.8 Å². The first-order valence-electron chi connectivity index (χ1n) is 13.5. The highest BCUT2D eigenvalue weighted by molar-refractivity contribution is 7.26. The molecule has 6 rings (SSSR count). The summed E-state index contributed by atoms with van der Waals surface area (Å²) in [6, 6.07) is 44.1. The molecule has 0 unspecified atom stereocenters. The third-order valence-electron chi connectivity index (χ3n) is 7.04. The Labute approximate surface area is 245 Å². The lowest BCUT2D eigenvalue weighted by Crippen LogP contribution is -2.08. The van der Waals surface area contributed by atoms with E-state index < -0.39 is 0 Å². The van der Waals surface area contributed by atoms with E-state index in [1.807, 2.05) is 22.7 Å². The van der Waals surface area contributed by atoms with Gasteiger partial charge in [0.25, 0.3) is 0 Å². The number of rotatable bonds is 7. The Hall–Kier alpha value is -4.12. The predicted molar refractivity (Wildman–Crippen MR) is 176 cm³/mol. The molecule has 0 aliphatic carbocycles. The Morgan fingerprint density at radius 3 is 0.825 bits per heavy atom. The predicted octanol–water partition coefficient (Wildman–Crippen LogP) is 11.6. The maximum atomic E-state index is 2.35. The first-order valence-corrected chi connectivity index (χ1v) is 15.1. The Morgan fingerprint density at radius 1 is 0.325 bits per heavy atom. The molecule has 0 saturated carbocycles. The van der Waals surface area contributed by atoms with Gasteiger partial charge in [-0.2, -0.15) is 0 Å². The van der Waals surface area contributed by atoms with Gasteiger partial charge in [0.1, 0.15) is 10.0 Å². The third-order valence-corrected chi connectivity index (χ3v) is 9.37. The number of nitrogens with zero attached hydrogens (tertiary/aromatic N) is 2. The SMILES string of the molecule is Cc1ccc(N(c2ccc(C)cc2)c2ccc(-c3ccc(N(c4ccc(C)cc4)c4ccc(C)cc4)s3)s2)cc1. The van der Waals surface area contributed by atoms with Crippen LogP contribution in [0.1, 0.15) is 22.3 Å². The van der Waals surface area contributed by atoms with Crippen molar-refractivity contribution in [1.82, 2.24) is 0 Å². The molecule has 198 valence electrons. The van der Waals surface area contributed by atoms with Gasteiger partial charge >= 0.3 is 0 Å². The van der Waals surface area contributed by atoms with Gasteiger partial charge in [0.15, 0.2) is 0 Å². The lowest BCUT2D eigenvalue weighted by molar-refractivity contribution is 1.29. The van der Waals surface area contributed by atoms with Crippen LogP contribution in [0.5, 0.6) is 0 Å². The fourth-order valence-electron chi connectivity index (χ4n) is 4.74. The second-order valence-electron chi connectivity index (χ2n) is 10.3. The Morgan fingerprint density at radius 2 is 0.575 bits per heavy atom. The summed E-state index contributed by atoms with van der Waals surface area (Å²) in [4.78, 5) is 7.24. The van der Waals surface area contributed by atoms with Gasteiger partial charge in [-0.25, -0.2) is 0 Å². The maximum absolute atomic E-state index is 2.35. The fourth-order valence-corrected chi connectivity index (χ4v) is 6.93. The summed E-state index contributed by atoms with van der Waals surface area (Å²) in [6.45, 7) is 8.53. The average molecular weight is 557 g/mol. The van der Waals surface area contributed by atoms with Crippen LogP contribution in [0.3, 0.4) is 0 Å². The van der Waals surface area contributed by atoms with Crippen molar-refractivity contribution in [2.24, 2.45) is 0 Å². The van der Waals surface area contributed by atoms with Crippen molar-refractivity contribution in [2.75, 3.05) is 9.80 Å². The van der Waals surface area contributed by atoms with Crippen LogP contribution in [0, 0.1) is 27.7 Å². The van der Waals surface area contributed by atoms with E-state index in [2.05, 4.69) is 159 Å². The normalized spacial score (nSPS) is 11.0. The van der Waals surface area contributed by atoms with E-state index in [-0.39, 0.29) is 0 Å². The molecule has 40 heavy (non-hydrogen) atoms. The molecule has 0 radical (unpaired) electrons.